The number of carbonyl (C=O) groups is 1. The first kappa shape index (κ1) is 15.4. The molecule has 0 bridgehead atoms. The maximum Gasteiger partial charge on any atom is 0.230 e. The number of halogens is 1. The first-order valence-electron chi connectivity index (χ1n) is 7.24. The molecule has 0 aliphatic heterocycles. The third kappa shape index (κ3) is 3.98. The van der Waals surface area contributed by atoms with Crippen molar-refractivity contribution in [2.24, 2.45) is 11.8 Å². The van der Waals surface area contributed by atoms with Crippen LogP contribution in [0.4, 0.5) is 4.39 Å². The Morgan fingerprint density at radius 2 is 2.10 bits per heavy atom. The number of hydrogen-bond donors (Lipinski definition) is 1. The molecule has 0 spiro atoms. The molecule has 1 aliphatic carbocycles. The Balaban J connectivity index is 1.82. The highest BCUT2D eigenvalue weighted by Crippen LogP contribution is 2.29. The van der Waals surface area contributed by atoms with Crippen molar-refractivity contribution in [2.75, 3.05) is 5.75 Å². The van der Waals surface area contributed by atoms with Crippen molar-refractivity contribution in [3.63, 3.8) is 0 Å². The number of hydrogen-bond acceptors (Lipinski definition) is 2. The molecule has 1 amide bonds. The molecule has 0 unspecified atom stereocenters. The summed E-state index contributed by atoms with van der Waals surface area (Å²) in [5.74, 6) is 1.20. The van der Waals surface area contributed by atoms with E-state index in [1.54, 1.807) is 18.2 Å². The normalized spacial score (nSPS) is 26.2. The van der Waals surface area contributed by atoms with Gasteiger partial charge in [0.05, 0.1) is 5.75 Å². The molecule has 1 aromatic rings. The second-order valence-corrected chi connectivity index (χ2v) is 6.68. The molecule has 1 N–H and O–H groups in total. The number of amides is 1. The molecule has 2 rings (SSSR count). The number of carbonyl (C=O) groups excluding carboxylic acids is 1. The fraction of sp³-hybridized carbons (Fsp3) is 0.562. The van der Waals surface area contributed by atoms with Gasteiger partial charge in [-0.15, -0.1) is 11.8 Å². The van der Waals surface area contributed by atoms with Crippen molar-refractivity contribution in [1.29, 1.82) is 0 Å². The van der Waals surface area contributed by atoms with Crippen LogP contribution in [0.2, 0.25) is 0 Å². The van der Waals surface area contributed by atoms with E-state index in [-0.39, 0.29) is 23.5 Å². The van der Waals surface area contributed by atoms with Gasteiger partial charge in [0.15, 0.2) is 0 Å². The number of benzene rings is 1. The topological polar surface area (TPSA) is 29.1 Å². The monoisotopic (exact) mass is 295 g/mol. The predicted octanol–water partition coefficient (Wildman–Crippen LogP) is 3.86. The van der Waals surface area contributed by atoms with Crippen LogP contribution in [-0.2, 0) is 4.79 Å². The van der Waals surface area contributed by atoms with Crippen molar-refractivity contribution in [3.05, 3.63) is 30.1 Å². The summed E-state index contributed by atoms with van der Waals surface area (Å²) in [6, 6.07) is 6.84. The van der Waals surface area contributed by atoms with Gasteiger partial charge in [-0.1, -0.05) is 38.8 Å². The summed E-state index contributed by atoms with van der Waals surface area (Å²) in [6.45, 7) is 4.45. The molecule has 2 nitrogen and oxygen atoms in total. The van der Waals surface area contributed by atoms with Crippen LogP contribution in [0.25, 0.3) is 0 Å². The predicted molar refractivity (Wildman–Crippen MR) is 81.2 cm³/mol. The lowest BCUT2D eigenvalue weighted by atomic mass is 9.78. The standard InChI is InChI=1S/C16H22FNOS/c1-11-6-5-8-14(12(11)2)18-16(19)10-20-15-9-4-3-7-13(15)17/h3-4,7,9,11-12,14H,5-6,8,10H2,1-2H3,(H,18,19)/t11-,12-,14-/m1/s1. The molecule has 1 fully saturated rings. The van der Waals surface area contributed by atoms with Crippen LogP contribution in [0.3, 0.4) is 0 Å². The molecule has 0 radical (unpaired) electrons. The van der Waals surface area contributed by atoms with Crippen LogP contribution in [0.5, 0.6) is 0 Å². The second kappa shape index (κ2) is 7.11. The molecule has 0 heterocycles. The van der Waals surface area contributed by atoms with Gasteiger partial charge in [0.1, 0.15) is 5.82 Å². The van der Waals surface area contributed by atoms with Gasteiger partial charge in [-0.05, 0) is 30.4 Å². The summed E-state index contributed by atoms with van der Waals surface area (Å²) in [4.78, 5) is 12.5. The Morgan fingerprint density at radius 3 is 2.85 bits per heavy atom. The fourth-order valence-corrected chi connectivity index (χ4v) is 3.49. The molecular weight excluding hydrogens is 273 g/mol. The molecule has 1 aromatic carbocycles. The first-order valence-corrected chi connectivity index (χ1v) is 8.23. The summed E-state index contributed by atoms with van der Waals surface area (Å²) in [5, 5.41) is 3.11. The Bertz CT molecular complexity index is 466. The fourth-order valence-electron chi connectivity index (χ4n) is 2.74. The number of rotatable bonds is 4. The lowest BCUT2D eigenvalue weighted by Gasteiger charge is -2.34. The molecule has 1 saturated carbocycles. The van der Waals surface area contributed by atoms with E-state index in [2.05, 4.69) is 19.2 Å². The minimum atomic E-state index is -0.259. The molecule has 0 aromatic heterocycles. The molecule has 0 saturated heterocycles. The van der Waals surface area contributed by atoms with E-state index < -0.39 is 0 Å². The van der Waals surface area contributed by atoms with Crippen LogP contribution >= 0.6 is 11.8 Å². The summed E-state index contributed by atoms with van der Waals surface area (Å²) >= 11 is 1.26. The molecule has 110 valence electrons. The van der Waals surface area contributed by atoms with Crippen molar-refractivity contribution in [3.8, 4) is 0 Å². The van der Waals surface area contributed by atoms with Crippen LogP contribution in [-0.4, -0.2) is 17.7 Å². The Kier molecular flexibility index (Phi) is 5.46. The van der Waals surface area contributed by atoms with E-state index in [0.717, 1.165) is 6.42 Å². The Morgan fingerprint density at radius 1 is 1.35 bits per heavy atom. The third-order valence-corrected chi connectivity index (χ3v) is 5.30. The molecule has 20 heavy (non-hydrogen) atoms. The smallest absolute Gasteiger partial charge is 0.230 e. The zero-order valence-corrected chi connectivity index (χ0v) is 12.9. The van der Waals surface area contributed by atoms with Gasteiger partial charge in [0.2, 0.25) is 5.91 Å². The average Bonchev–Trinajstić information content (AvgIpc) is 2.43. The van der Waals surface area contributed by atoms with Crippen molar-refractivity contribution < 1.29 is 9.18 Å². The lowest BCUT2D eigenvalue weighted by Crippen LogP contribution is -2.44. The van der Waals surface area contributed by atoms with Gasteiger partial charge in [-0.25, -0.2) is 4.39 Å². The summed E-state index contributed by atoms with van der Waals surface area (Å²) in [5.41, 5.74) is 0. The van der Waals surface area contributed by atoms with Crippen LogP contribution in [0, 0.1) is 17.7 Å². The second-order valence-electron chi connectivity index (χ2n) is 5.66. The van der Waals surface area contributed by atoms with E-state index in [4.69, 9.17) is 0 Å². The van der Waals surface area contributed by atoms with Crippen LogP contribution in [0.15, 0.2) is 29.2 Å². The van der Waals surface area contributed by atoms with Crippen LogP contribution in [0.1, 0.15) is 33.1 Å². The molecular formula is C16H22FNOS. The van der Waals surface area contributed by atoms with E-state index in [0.29, 0.717) is 16.7 Å². The summed E-state index contributed by atoms with van der Waals surface area (Å²) in [7, 11) is 0. The third-order valence-electron chi connectivity index (χ3n) is 4.25. The SMILES string of the molecule is C[C@@H]1[C@H](C)CCC[C@H]1NC(=O)CSc1ccccc1F. The van der Waals surface area contributed by atoms with Gasteiger partial charge in [-0.3, -0.25) is 4.79 Å². The van der Waals surface area contributed by atoms with Gasteiger partial charge < -0.3 is 5.32 Å². The zero-order valence-electron chi connectivity index (χ0n) is 12.1. The molecule has 4 heteroatoms. The van der Waals surface area contributed by atoms with Crippen molar-refractivity contribution in [1.82, 2.24) is 5.32 Å². The lowest BCUT2D eigenvalue weighted by molar-refractivity contribution is -0.119. The summed E-state index contributed by atoms with van der Waals surface area (Å²) < 4.78 is 13.5. The van der Waals surface area contributed by atoms with E-state index in [9.17, 15) is 9.18 Å². The summed E-state index contributed by atoms with van der Waals surface area (Å²) in [6.07, 6.45) is 3.48. The van der Waals surface area contributed by atoms with E-state index >= 15 is 0 Å². The highest BCUT2D eigenvalue weighted by atomic mass is 32.2. The number of nitrogens with one attached hydrogen (secondary N) is 1. The van der Waals surface area contributed by atoms with Gasteiger partial charge in [0.25, 0.3) is 0 Å². The van der Waals surface area contributed by atoms with E-state index in [1.165, 1.54) is 30.7 Å². The quantitative estimate of drug-likeness (QED) is 0.855. The van der Waals surface area contributed by atoms with Gasteiger partial charge in [-0.2, -0.15) is 0 Å². The Labute approximate surface area is 124 Å². The Hall–Kier alpha value is -1.03. The van der Waals surface area contributed by atoms with Crippen molar-refractivity contribution >= 4 is 17.7 Å². The largest absolute Gasteiger partial charge is 0.352 e. The zero-order chi connectivity index (χ0) is 14.5. The highest BCUT2D eigenvalue weighted by molar-refractivity contribution is 8.00. The van der Waals surface area contributed by atoms with Crippen LogP contribution < -0.4 is 5.32 Å². The first-order chi connectivity index (χ1) is 9.58. The molecule has 1 aliphatic rings. The average molecular weight is 295 g/mol. The van der Waals surface area contributed by atoms with E-state index in [1.807, 2.05) is 0 Å². The maximum atomic E-state index is 13.5. The van der Waals surface area contributed by atoms with Gasteiger partial charge in [0, 0.05) is 10.9 Å². The molecule has 3 atom stereocenters. The minimum Gasteiger partial charge on any atom is -0.352 e. The van der Waals surface area contributed by atoms with Gasteiger partial charge >= 0.3 is 0 Å². The maximum absolute atomic E-state index is 13.5. The highest BCUT2D eigenvalue weighted by Gasteiger charge is 2.27. The van der Waals surface area contributed by atoms with Crippen molar-refractivity contribution in [2.45, 2.75) is 44.0 Å². The minimum absolute atomic E-state index is 0.00389. The number of thioether (sulfide) groups is 1.